The Morgan fingerprint density at radius 1 is 0.967 bits per heavy atom. The van der Waals surface area contributed by atoms with Crippen LogP contribution in [0.4, 0.5) is 0 Å². The summed E-state index contributed by atoms with van der Waals surface area (Å²) < 4.78 is 11.9. The topological polar surface area (TPSA) is 63.4 Å². The number of benzene rings is 3. The zero-order chi connectivity index (χ0) is 20.3. The molecule has 30 heavy (non-hydrogen) atoms. The van der Waals surface area contributed by atoms with E-state index in [1.54, 1.807) is 6.20 Å². The van der Waals surface area contributed by atoms with Crippen molar-refractivity contribution >= 4 is 16.7 Å². The van der Waals surface area contributed by atoms with E-state index >= 15 is 0 Å². The van der Waals surface area contributed by atoms with E-state index < -0.39 is 6.04 Å². The summed E-state index contributed by atoms with van der Waals surface area (Å²) in [6, 6.07) is 24.8. The van der Waals surface area contributed by atoms with Gasteiger partial charge in [0.15, 0.2) is 17.3 Å². The maximum absolute atomic E-state index is 13.5. The van der Waals surface area contributed by atoms with Gasteiger partial charge in [-0.05, 0) is 23.8 Å². The zero-order valence-corrected chi connectivity index (χ0v) is 16.4. The number of carbonyl (C=O) groups excluding carboxylic acids is 1. The Labute approximate surface area is 174 Å². The maximum Gasteiger partial charge on any atom is 0.186 e. The molecule has 2 N–H and O–H groups in total. The Bertz CT molecular complexity index is 1170. The van der Waals surface area contributed by atoms with E-state index in [1.165, 1.54) is 0 Å². The average molecular weight is 398 g/mol. The lowest BCUT2D eigenvalue weighted by Crippen LogP contribution is -2.41. The van der Waals surface area contributed by atoms with Crippen LogP contribution in [0.25, 0.3) is 10.9 Å². The van der Waals surface area contributed by atoms with Gasteiger partial charge in [0.05, 0.1) is 6.04 Å². The van der Waals surface area contributed by atoms with Crippen molar-refractivity contribution in [3.63, 3.8) is 0 Å². The third-order valence-electron chi connectivity index (χ3n) is 5.37. The van der Waals surface area contributed by atoms with Crippen molar-refractivity contribution in [3.05, 3.63) is 96.2 Å². The summed E-state index contributed by atoms with van der Waals surface area (Å²) in [6.07, 6.45) is 1.61. The van der Waals surface area contributed by atoms with Gasteiger partial charge in [-0.3, -0.25) is 10.1 Å². The first-order valence-electron chi connectivity index (χ1n) is 10.1. The SMILES string of the molecule is O=C(c1c[nH]c2ccccc12)[C@H](NC[C@H]1COc2ccccc2O1)c1ccccc1. The van der Waals surface area contributed by atoms with Gasteiger partial charge in [-0.15, -0.1) is 0 Å². The van der Waals surface area contributed by atoms with Crippen molar-refractivity contribution in [2.45, 2.75) is 12.1 Å². The standard InChI is InChI=1S/C25H22N2O3/c28-25(20-15-26-21-11-5-4-10-19(20)21)24(17-8-2-1-3-9-17)27-14-18-16-29-22-12-6-7-13-23(22)30-18/h1-13,15,18,24,26-27H,14,16H2/t18-,24+/m0/s1. The third kappa shape index (κ3) is 3.55. The molecule has 0 aliphatic carbocycles. The zero-order valence-electron chi connectivity index (χ0n) is 16.4. The van der Waals surface area contributed by atoms with E-state index in [2.05, 4.69) is 10.3 Å². The summed E-state index contributed by atoms with van der Waals surface area (Å²) in [4.78, 5) is 16.7. The molecule has 0 saturated carbocycles. The van der Waals surface area contributed by atoms with Gasteiger partial charge in [0.1, 0.15) is 12.7 Å². The highest BCUT2D eigenvalue weighted by Gasteiger charge is 2.27. The molecule has 0 unspecified atom stereocenters. The molecular formula is C25H22N2O3. The molecule has 0 saturated heterocycles. The van der Waals surface area contributed by atoms with Crippen LogP contribution in [0.3, 0.4) is 0 Å². The number of aromatic nitrogens is 1. The van der Waals surface area contributed by atoms with Crippen molar-refractivity contribution in [1.82, 2.24) is 10.3 Å². The summed E-state index contributed by atoms with van der Waals surface area (Å²) in [5.41, 5.74) is 2.55. The number of fused-ring (bicyclic) bond motifs is 2. The predicted molar refractivity (Wildman–Crippen MR) is 116 cm³/mol. The van der Waals surface area contributed by atoms with Crippen LogP contribution in [-0.2, 0) is 0 Å². The van der Waals surface area contributed by atoms with Gasteiger partial charge in [-0.25, -0.2) is 0 Å². The van der Waals surface area contributed by atoms with Gasteiger partial charge in [0.2, 0.25) is 0 Å². The number of H-pyrrole nitrogens is 1. The highest BCUT2D eigenvalue weighted by molar-refractivity contribution is 6.10. The van der Waals surface area contributed by atoms with Gasteiger partial charge in [-0.2, -0.15) is 0 Å². The fourth-order valence-electron chi connectivity index (χ4n) is 3.85. The molecule has 1 aliphatic rings. The number of carbonyl (C=O) groups is 1. The fraction of sp³-hybridized carbons (Fsp3) is 0.160. The molecule has 4 aromatic rings. The van der Waals surface area contributed by atoms with E-state index in [4.69, 9.17) is 9.47 Å². The number of para-hydroxylation sites is 3. The molecule has 0 spiro atoms. The first-order valence-corrected chi connectivity index (χ1v) is 10.1. The second kappa shape index (κ2) is 8.05. The molecule has 1 aliphatic heterocycles. The minimum atomic E-state index is -0.480. The number of hydrogen-bond acceptors (Lipinski definition) is 4. The molecule has 150 valence electrons. The van der Waals surface area contributed by atoms with E-state index in [9.17, 15) is 4.79 Å². The molecular weight excluding hydrogens is 376 g/mol. The lowest BCUT2D eigenvalue weighted by molar-refractivity contribution is 0.0818. The Hall–Kier alpha value is -3.57. The van der Waals surface area contributed by atoms with Crippen LogP contribution in [-0.4, -0.2) is 30.0 Å². The molecule has 0 amide bonds. The number of aromatic amines is 1. The molecule has 3 aromatic carbocycles. The van der Waals surface area contributed by atoms with E-state index in [-0.39, 0.29) is 11.9 Å². The Balaban J connectivity index is 1.39. The number of Topliss-reactive ketones (excluding diaryl/α,β-unsaturated/α-hetero) is 1. The van der Waals surface area contributed by atoms with Gasteiger partial charge >= 0.3 is 0 Å². The van der Waals surface area contributed by atoms with Crippen LogP contribution in [0.15, 0.2) is 85.1 Å². The summed E-state index contributed by atoms with van der Waals surface area (Å²) in [6.45, 7) is 0.925. The number of ether oxygens (including phenoxy) is 2. The number of rotatable bonds is 6. The fourth-order valence-corrected chi connectivity index (χ4v) is 3.85. The molecule has 0 radical (unpaired) electrons. The number of nitrogens with one attached hydrogen (secondary N) is 2. The second-order valence-corrected chi connectivity index (χ2v) is 7.36. The number of ketones is 1. The van der Waals surface area contributed by atoms with Crippen molar-refractivity contribution in [2.24, 2.45) is 0 Å². The largest absolute Gasteiger partial charge is 0.486 e. The third-order valence-corrected chi connectivity index (χ3v) is 5.37. The molecule has 5 heteroatoms. The summed E-state index contributed by atoms with van der Waals surface area (Å²) in [7, 11) is 0. The van der Waals surface area contributed by atoms with Gasteiger partial charge < -0.3 is 14.5 Å². The number of hydrogen-bond donors (Lipinski definition) is 2. The van der Waals surface area contributed by atoms with Gasteiger partial charge in [-0.1, -0.05) is 60.7 Å². The van der Waals surface area contributed by atoms with Crippen LogP contribution < -0.4 is 14.8 Å². The van der Waals surface area contributed by atoms with Gasteiger partial charge in [0, 0.05) is 29.2 Å². The van der Waals surface area contributed by atoms with Crippen LogP contribution >= 0.6 is 0 Å². The smallest absolute Gasteiger partial charge is 0.186 e. The lowest BCUT2D eigenvalue weighted by Gasteiger charge is -2.28. The average Bonchev–Trinajstić information content (AvgIpc) is 3.24. The molecule has 0 bridgehead atoms. The van der Waals surface area contributed by atoms with Crippen LogP contribution in [0.2, 0.25) is 0 Å². The Morgan fingerprint density at radius 2 is 1.70 bits per heavy atom. The normalized spacial score (nSPS) is 16.3. The summed E-state index contributed by atoms with van der Waals surface area (Å²) in [5.74, 6) is 1.51. The van der Waals surface area contributed by atoms with Crippen LogP contribution in [0.5, 0.6) is 11.5 Å². The van der Waals surface area contributed by atoms with Crippen molar-refractivity contribution in [3.8, 4) is 11.5 Å². The van der Waals surface area contributed by atoms with Gasteiger partial charge in [0.25, 0.3) is 0 Å². The highest BCUT2D eigenvalue weighted by atomic mass is 16.6. The second-order valence-electron chi connectivity index (χ2n) is 7.36. The minimum absolute atomic E-state index is 0.0239. The highest BCUT2D eigenvalue weighted by Crippen LogP contribution is 2.31. The molecule has 1 aromatic heterocycles. The quantitative estimate of drug-likeness (QED) is 0.469. The Morgan fingerprint density at radius 3 is 2.57 bits per heavy atom. The Kier molecular flexibility index (Phi) is 4.95. The maximum atomic E-state index is 13.5. The molecule has 2 heterocycles. The van der Waals surface area contributed by atoms with Crippen molar-refractivity contribution in [2.75, 3.05) is 13.2 Å². The predicted octanol–water partition coefficient (Wildman–Crippen LogP) is 4.52. The monoisotopic (exact) mass is 398 g/mol. The molecule has 5 rings (SSSR count). The molecule has 5 nitrogen and oxygen atoms in total. The van der Waals surface area contributed by atoms with Crippen molar-refractivity contribution in [1.29, 1.82) is 0 Å². The molecule has 2 atom stereocenters. The summed E-state index contributed by atoms with van der Waals surface area (Å²) in [5, 5.41) is 4.35. The van der Waals surface area contributed by atoms with Crippen LogP contribution in [0, 0.1) is 0 Å². The minimum Gasteiger partial charge on any atom is -0.486 e. The van der Waals surface area contributed by atoms with Crippen molar-refractivity contribution < 1.29 is 14.3 Å². The first-order chi connectivity index (χ1) is 14.8. The van der Waals surface area contributed by atoms with Crippen LogP contribution in [0.1, 0.15) is 22.0 Å². The lowest BCUT2D eigenvalue weighted by atomic mass is 9.97. The van der Waals surface area contributed by atoms with E-state index in [0.29, 0.717) is 18.7 Å². The summed E-state index contributed by atoms with van der Waals surface area (Å²) >= 11 is 0. The van der Waals surface area contributed by atoms with E-state index in [1.807, 2.05) is 78.9 Å². The van der Waals surface area contributed by atoms with E-state index in [0.717, 1.165) is 28.0 Å². The molecule has 0 fully saturated rings. The first kappa shape index (κ1) is 18.5.